The summed E-state index contributed by atoms with van der Waals surface area (Å²) in [6.07, 6.45) is 7.34. The molecule has 4 rings (SSSR count). The fourth-order valence-corrected chi connectivity index (χ4v) is 3.37. The molecule has 0 unspecified atom stereocenters. The zero-order chi connectivity index (χ0) is 13.7. The van der Waals surface area contributed by atoms with Crippen molar-refractivity contribution in [3.8, 4) is 0 Å². The van der Waals surface area contributed by atoms with Crippen LogP contribution in [0.2, 0.25) is 0 Å². The number of nitrogens with two attached hydrogens (primary N) is 1. The van der Waals surface area contributed by atoms with Crippen LogP contribution in [0.25, 0.3) is 10.9 Å². The first-order valence-corrected chi connectivity index (χ1v) is 8.12. The molecule has 0 bridgehead atoms. The number of hydrogen-bond donors (Lipinski definition) is 2. The summed E-state index contributed by atoms with van der Waals surface area (Å²) in [7, 11) is 0. The minimum atomic E-state index is 0.632. The van der Waals surface area contributed by atoms with Crippen LogP contribution in [-0.4, -0.2) is 11.0 Å². The predicted molar refractivity (Wildman–Crippen MR) is 86.7 cm³/mol. The molecular formula is C16H18BrN3. The van der Waals surface area contributed by atoms with Crippen LogP contribution in [0.3, 0.4) is 0 Å². The van der Waals surface area contributed by atoms with Crippen molar-refractivity contribution < 1.29 is 0 Å². The minimum absolute atomic E-state index is 0.632. The highest BCUT2D eigenvalue weighted by Gasteiger charge is 2.41. The molecule has 4 heteroatoms. The third-order valence-electron chi connectivity index (χ3n) is 4.43. The molecule has 1 aromatic heterocycles. The van der Waals surface area contributed by atoms with Gasteiger partial charge in [0.25, 0.3) is 0 Å². The molecule has 0 amide bonds. The molecule has 2 aliphatic carbocycles. The Hall–Kier alpha value is -1.29. The SMILES string of the molecule is Nc1ccc(NC(C2CC2)C2CC2)c2ncc(Br)cc12. The van der Waals surface area contributed by atoms with Crippen LogP contribution in [0.15, 0.2) is 28.9 Å². The Morgan fingerprint density at radius 3 is 2.55 bits per heavy atom. The normalized spacial score (nSPS) is 18.7. The van der Waals surface area contributed by atoms with E-state index in [1.165, 1.54) is 25.7 Å². The zero-order valence-corrected chi connectivity index (χ0v) is 12.9. The predicted octanol–water partition coefficient (Wildman–Crippen LogP) is 4.18. The molecule has 2 aromatic rings. The van der Waals surface area contributed by atoms with E-state index in [1.807, 2.05) is 18.3 Å². The van der Waals surface area contributed by atoms with Crippen molar-refractivity contribution in [2.45, 2.75) is 31.7 Å². The van der Waals surface area contributed by atoms with Crippen LogP contribution in [0, 0.1) is 11.8 Å². The van der Waals surface area contributed by atoms with Gasteiger partial charge in [0.05, 0.1) is 11.2 Å². The number of nitrogens with one attached hydrogen (secondary N) is 1. The number of rotatable bonds is 4. The van der Waals surface area contributed by atoms with E-state index in [1.54, 1.807) is 0 Å². The minimum Gasteiger partial charge on any atom is -0.398 e. The maximum atomic E-state index is 6.08. The van der Waals surface area contributed by atoms with Gasteiger partial charge in [-0.15, -0.1) is 0 Å². The Labute approximate surface area is 127 Å². The Morgan fingerprint density at radius 2 is 1.90 bits per heavy atom. The lowest BCUT2D eigenvalue weighted by molar-refractivity contribution is 0.568. The van der Waals surface area contributed by atoms with Crippen LogP contribution >= 0.6 is 15.9 Å². The molecule has 0 atom stereocenters. The first-order valence-electron chi connectivity index (χ1n) is 7.32. The molecule has 2 aliphatic rings. The third-order valence-corrected chi connectivity index (χ3v) is 4.87. The lowest BCUT2D eigenvalue weighted by Gasteiger charge is -2.20. The summed E-state index contributed by atoms with van der Waals surface area (Å²) in [4.78, 5) is 4.56. The highest BCUT2D eigenvalue weighted by atomic mass is 79.9. The molecule has 0 saturated heterocycles. The van der Waals surface area contributed by atoms with Crippen molar-refractivity contribution in [1.82, 2.24) is 4.98 Å². The van der Waals surface area contributed by atoms with E-state index in [-0.39, 0.29) is 0 Å². The Kier molecular flexibility index (Phi) is 2.88. The van der Waals surface area contributed by atoms with Crippen LogP contribution in [0.1, 0.15) is 25.7 Å². The number of nitrogens with zero attached hydrogens (tertiary/aromatic N) is 1. The summed E-state index contributed by atoms with van der Waals surface area (Å²) in [5.74, 6) is 1.73. The van der Waals surface area contributed by atoms with Gasteiger partial charge in [0.15, 0.2) is 0 Å². The summed E-state index contributed by atoms with van der Waals surface area (Å²) in [6.45, 7) is 0. The summed E-state index contributed by atoms with van der Waals surface area (Å²) < 4.78 is 0.967. The molecule has 1 heterocycles. The van der Waals surface area contributed by atoms with Gasteiger partial charge >= 0.3 is 0 Å². The molecule has 104 valence electrons. The molecule has 0 spiro atoms. The monoisotopic (exact) mass is 331 g/mol. The van der Waals surface area contributed by atoms with E-state index < -0.39 is 0 Å². The zero-order valence-electron chi connectivity index (χ0n) is 11.3. The summed E-state index contributed by atoms with van der Waals surface area (Å²) in [5, 5.41) is 4.78. The lowest BCUT2D eigenvalue weighted by Crippen LogP contribution is -2.24. The van der Waals surface area contributed by atoms with E-state index in [0.717, 1.165) is 38.6 Å². The largest absolute Gasteiger partial charge is 0.398 e. The topological polar surface area (TPSA) is 50.9 Å². The van der Waals surface area contributed by atoms with Gasteiger partial charge in [-0.3, -0.25) is 4.98 Å². The Bertz CT molecular complexity index is 650. The van der Waals surface area contributed by atoms with Crippen LogP contribution in [0.5, 0.6) is 0 Å². The molecule has 2 saturated carbocycles. The average Bonchev–Trinajstić information content (AvgIpc) is 3.31. The van der Waals surface area contributed by atoms with E-state index in [0.29, 0.717) is 6.04 Å². The van der Waals surface area contributed by atoms with Gasteiger partial charge in [0.1, 0.15) is 0 Å². The van der Waals surface area contributed by atoms with Gasteiger partial charge in [-0.2, -0.15) is 0 Å². The van der Waals surface area contributed by atoms with Gasteiger partial charge in [0, 0.05) is 27.8 Å². The van der Waals surface area contributed by atoms with E-state index >= 15 is 0 Å². The number of anilines is 2. The second-order valence-corrected chi connectivity index (χ2v) is 7.01. The second kappa shape index (κ2) is 4.62. The fraction of sp³-hybridized carbons (Fsp3) is 0.438. The van der Waals surface area contributed by atoms with Gasteiger partial charge in [-0.1, -0.05) is 0 Å². The van der Waals surface area contributed by atoms with Crippen molar-refractivity contribution in [2.75, 3.05) is 11.1 Å². The standard InChI is InChI=1S/C16H18BrN3/c17-11-7-12-13(18)5-6-14(16(12)19-8-11)20-15(9-1-2-9)10-3-4-10/h5-10,15,20H,1-4,18H2. The second-order valence-electron chi connectivity index (χ2n) is 6.10. The number of pyridine rings is 1. The average molecular weight is 332 g/mol. The number of halogens is 1. The van der Waals surface area contributed by atoms with Crippen LogP contribution < -0.4 is 11.1 Å². The lowest BCUT2D eigenvalue weighted by atomic mass is 10.1. The Morgan fingerprint density at radius 1 is 1.20 bits per heavy atom. The van der Waals surface area contributed by atoms with Crippen molar-refractivity contribution >= 4 is 38.2 Å². The van der Waals surface area contributed by atoms with Gasteiger partial charge in [0.2, 0.25) is 0 Å². The number of benzene rings is 1. The van der Waals surface area contributed by atoms with Crippen LogP contribution in [0.4, 0.5) is 11.4 Å². The van der Waals surface area contributed by atoms with E-state index in [9.17, 15) is 0 Å². The highest BCUT2D eigenvalue weighted by molar-refractivity contribution is 9.10. The van der Waals surface area contributed by atoms with Gasteiger partial charge < -0.3 is 11.1 Å². The van der Waals surface area contributed by atoms with E-state index in [4.69, 9.17) is 5.73 Å². The summed E-state index contributed by atoms with van der Waals surface area (Å²) in [6, 6.07) is 6.74. The van der Waals surface area contributed by atoms with Gasteiger partial charge in [-0.25, -0.2) is 0 Å². The molecule has 3 nitrogen and oxygen atoms in total. The number of hydrogen-bond acceptors (Lipinski definition) is 3. The fourth-order valence-electron chi connectivity index (χ4n) is 3.04. The number of nitrogen functional groups attached to an aromatic ring is 1. The summed E-state index contributed by atoms with van der Waals surface area (Å²) >= 11 is 3.47. The van der Waals surface area contributed by atoms with Crippen molar-refractivity contribution in [1.29, 1.82) is 0 Å². The molecule has 2 fully saturated rings. The smallest absolute Gasteiger partial charge is 0.0954 e. The third kappa shape index (κ3) is 2.26. The summed E-state index contributed by atoms with van der Waals surface area (Å²) in [5.41, 5.74) is 8.98. The number of fused-ring (bicyclic) bond motifs is 1. The first-order chi connectivity index (χ1) is 9.72. The van der Waals surface area contributed by atoms with Crippen LogP contribution in [-0.2, 0) is 0 Å². The van der Waals surface area contributed by atoms with Crippen molar-refractivity contribution in [3.63, 3.8) is 0 Å². The highest BCUT2D eigenvalue weighted by Crippen LogP contribution is 2.46. The molecular weight excluding hydrogens is 314 g/mol. The van der Waals surface area contributed by atoms with Crippen molar-refractivity contribution in [2.24, 2.45) is 11.8 Å². The molecule has 0 radical (unpaired) electrons. The van der Waals surface area contributed by atoms with Crippen molar-refractivity contribution in [3.05, 3.63) is 28.9 Å². The molecule has 20 heavy (non-hydrogen) atoms. The first kappa shape index (κ1) is 12.5. The molecule has 0 aliphatic heterocycles. The maximum absolute atomic E-state index is 6.08. The number of aromatic nitrogens is 1. The Balaban J connectivity index is 1.73. The molecule has 1 aromatic carbocycles. The molecule has 3 N–H and O–H groups in total. The van der Waals surface area contributed by atoms with E-state index in [2.05, 4.69) is 32.3 Å². The van der Waals surface area contributed by atoms with Gasteiger partial charge in [-0.05, 0) is 71.6 Å². The maximum Gasteiger partial charge on any atom is 0.0954 e. The quantitative estimate of drug-likeness (QED) is 0.826.